The fourth-order valence-corrected chi connectivity index (χ4v) is 2.45. The maximum Gasteiger partial charge on any atom is 0.270 e. The Kier molecular flexibility index (Phi) is 5.43. The molecule has 3 aromatic rings. The molecule has 2 aromatic carbocycles. The van der Waals surface area contributed by atoms with Gasteiger partial charge < -0.3 is 15.4 Å². The molecule has 0 spiro atoms. The van der Waals surface area contributed by atoms with Gasteiger partial charge in [0.05, 0.1) is 7.11 Å². The Labute approximate surface area is 152 Å². The van der Waals surface area contributed by atoms with E-state index in [1.165, 1.54) is 6.33 Å². The van der Waals surface area contributed by atoms with Crippen molar-refractivity contribution >= 4 is 17.4 Å². The Morgan fingerprint density at radius 1 is 1.08 bits per heavy atom. The molecule has 0 unspecified atom stereocenters. The summed E-state index contributed by atoms with van der Waals surface area (Å²) in [5, 5.41) is 6.04. The van der Waals surface area contributed by atoms with Gasteiger partial charge in [-0.25, -0.2) is 9.97 Å². The van der Waals surface area contributed by atoms with E-state index < -0.39 is 0 Å². The Bertz CT molecular complexity index is 894. The third-order valence-corrected chi connectivity index (χ3v) is 3.96. The second-order valence-electron chi connectivity index (χ2n) is 5.75. The first kappa shape index (κ1) is 17.4. The lowest BCUT2D eigenvalue weighted by Gasteiger charge is -2.09. The second kappa shape index (κ2) is 8.11. The molecule has 0 bridgehead atoms. The number of aryl methyl sites for hydroxylation is 1. The number of anilines is 2. The lowest BCUT2D eigenvalue weighted by molar-refractivity contribution is 0.0945. The molecule has 0 aliphatic rings. The van der Waals surface area contributed by atoms with Gasteiger partial charge in [0.2, 0.25) is 0 Å². The van der Waals surface area contributed by atoms with Crippen LogP contribution in [0.2, 0.25) is 0 Å². The predicted molar refractivity (Wildman–Crippen MR) is 101 cm³/mol. The van der Waals surface area contributed by atoms with Crippen LogP contribution in [0.25, 0.3) is 0 Å². The van der Waals surface area contributed by atoms with E-state index in [1.54, 1.807) is 13.2 Å². The minimum Gasteiger partial charge on any atom is -0.497 e. The molecule has 2 N–H and O–H groups in total. The number of amides is 1. The van der Waals surface area contributed by atoms with Crippen LogP contribution in [-0.4, -0.2) is 23.0 Å². The van der Waals surface area contributed by atoms with E-state index >= 15 is 0 Å². The van der Waals surface area contributed by atoms with Crippen molar-refractivity contribution in [2.24, 2.45) is 0 Å². The van der Waals surface area contributed by atoms with Gasteiger partial charge in [0.15, 0.2) is 0 Å². The first-order valence-corrected chi connectivity index (χ1v) is 8.21. The van der Waals surface area contributed by atoms with Gasteiger partial charge in [-0.05, 0) is 42.3 Å². The summed E-state index contributed by atoms with van der Waals surface area (Å²) in [5.41, 5.74) is 3.37. The summed E-state index contributed by atoms with van der Waals surface area (Å²) in [5.74, 6) is 1.08. The highest BCUT2D eigenvalue weighted by atomic mass is 16.5. The van der Waals surface area contributed by atoms with Gasteiger partial charge in [0, 0.05) is 18.3 Å². The summed E-state index contributed by atoms with van der Waals surface area (Å²) in [7, 11) is 1.62. The van der Waals surface area contributed by atoms with Crippen LogP contribution in [0.15, 0.2) is 60.9 Å². The number of benzene rings is 2. The van der Waals surface area contributed by atoms with E-state index in [0.717, 1.165) is 22.6 Å². The average molecular weight is 348 g/mol. The molecule has 0 atom stereocenters. The quantitative estimate of drug-likeness (QED) is 0.713. The minimum absolute atomic E-state index is 0.242. The molecule has 132 valence electrons. The molecule has 0 aliphatic heterocycles. The van der Waals surface area contributed by atoms with Crippen molar-refractivity contribution in [3.05, 3.63) is 77.7 Å². The lowest BCUT2D eigenvalue weighted by Crippen LogP contribution is -2.24. The number of aromatic nitrogens is 2. The van der Waals surface area contributed by atoms with Crippen molar-refractivity contribution in [2.75, 3.05) is 12.4 Å². The van der Waals surface area contributed by atoms with E-state index in [-0.39, 0.29) is 5.91 Å². The van der Waals surface area contributed by atoms with Gasteiger partial charge in [0.25, 0.3) is 5.91 Å². The van der Waals surface area contributed by atoms with Gasteiger partial charge in [0.1, 0.15) is 23.6 Å². The molecule has 1 amide bonds. The highest BCUT2D eigenvalue weighted by molar-refractivity contribution is 5.92. The number of ether oxygens (including phenoxy) is 1. The van der Waals surface area contributed by atoms with Crippen LogP contribution < -0.4 is 15.4 Å². The summed E-state index contributed by atoms with van der Waals surface area (Å²) in [6.07, 6.45) is 1.37. The third kappa shape index (κ3) is 4.36. The monoisotopic (exact) mass is 348 g/mol. The summed E-state index contributed by atoms with van der Waals surface area (Å²) in [6, 6.07) is 17.0. The molecule has 6 nitrogen and oxygen atoms in total. The average Bonchev–Trinajstić information content (AvgIpc) is 2.68. The van der Waals surface area contributed by atoms with Crippen LogP contribution in [0.1, 0.15) is 21.6 Å². The van der Waals surface area contributed by atoms with Gasteiger partial charge in [-0.15, -0.1) is 0 Å². The van der Waals surface area contributed by atoms with Crippen LogP contribution in [0.5, 0.6) is 5.75 Å². The summed E-state index contributed by atoms with van der Waals surface area (Å²) in [4.78, 5) is 20.6. The molecule has 1 heterocycles. The maximum atomic E-state index is 12.4. The smallest absolute Gasteiger partial charge is 0.270 e. The molecular formula is C20H20N4O2. The topological polar surface area (TPSA) is 76.1 Å². The SMILES string of the molecule is COc1ccc(Nc2cc(C(=O)NCc3ccccc3C)ncn2)cc1. The van der Waals surface area contributed by atoms with Gasteiger partial charge >= 0.3 is 0 Å². The second-order valence-corrected chi connectivity index (χ2v) is 5.75. The Morgan fingerprint density at radius 3 is 2.58 bits per heavy atom. The zero-order valence-electron chi connectivity index (χ0n) is 14.7. The number of hydrogen-bond acceptors (Lipinski definition) is 5. The van der Waals surface area contributed by atoms with Crippen molar-refractivity contribution < 1.29 is 9.53 Å². The van der Waals surface area contributed by atoms with E-state index in [0.29, 0.717) is 18.1 Å². The van der Waals surface area contributed by atoms with E-state index in [4.69, 9.17) is 4.74 Å². The molecule has 6 heteroatoms. The summed E-state index contributed by atoms with van der Waals surface area (Å²) >= 11 is 0. The van der Waals surface area contributed by atoms with Crippen LogP contribution in [-0.2, 0) is 6.54 Å². The van der Waals surface area contributed by atoms with Crippen LogP contribution in [0, 0.1) is 6.92 Å². The van der Waals surface area contributed by atoms with Crippen molar-refractivity contribution in [1.82, 2.24) is 15.3 Å². The van der Waals surface area contributed by atoms with Crippen molar-refractivity contribution in [3.8, 4) is 5.75 Å². The first-order chi connectivity index (χ1) is 12.7. The molecule has 0 saturated carbocycles. The normalized spacial score (nSPS) is 10.2. The van der Waals surface area contributed by atoms with Gasteiger partial charge in [-0.3, -0.25) is 4.79 Å². The number of carbonyl (C=O) groups excluding carboxylic acids is 1. The predicted octanol–water partition coefficient (Wildman–Crippen LogP) is 3.47. The van der Waals surface area contributed by atoms with Crippen molar-refractivity contribution in [2.45, 2.75) is 13.5 Å². The van der Waals surface area contributed by atoms with E-state index in [2.05, 4.69) is 20.6 Å². The molecule has 1 aromatic heterocycles. The number of nitrogens with zero attached hydrogens (tertiary/aromatic N) is 2. The third-order valence-electron chi connectivity index (χ3n) is 3.96. The Balaban J connectivity index is 1.66. The largest absolute Gasteiger partial charge is 0.497 e. The lowest BCUT2D eigenvalue weighted by atomic mass is 10.1. The minimum atomic E-state index is -0.242. The zero-order valence-corrected chi connectivity index (χ0v) is 14.7. The fraction of sp³-hybridized carbons (Fsp3) is 0.150. The van der Waals surface area contributed by atoms with Crippen LogP contribution >= 0.6 is 0 Å². The summed E-state index contributed by atoms with van der Waals surface area (Å²) < 4.78 is 5.14. The number of nitrogens with one attached hydrogen (secondary N) is 2. The molecule has 3 rings (SSSR count). The van der Waals surface area contributed by atoms with Crippen LogP contribution in [0.3, 0.4) is 0 Å². The number of hydrogen-bond donors (Lipinski definition) is 2. The van der Waals surface area contributed by atoms with Crippen molar-refractivity contribution in [3.63, 3.8) is 0 Å². The molecule has 0 aliphatic carbocycles. The number of methoxy groups -OCH3 is 1. The Morgan fingerprint density at radius 2 is 1.85 bits per heavy atom. The van der Waals surface area contributed by atoms with E-state index in [9.17, 15) is 4.79 Å². The van der Waals surface area contributed by atoms with Crippen LogP contribution in [0.4, 0.5) is 11.5 Å². The molecule has 26 heavy (non-hydrogen) atoms. The molecular weight excluding hydrogens is 328 g/mol. The molecule has 0 saturated heterocycles. The Hall–Kier alpha value is -3.41. The molecule has 0 radical (unpaired) electrons. The standard InChI is InChI=1S/C20H20N4O2/c1-14-5-3-4-6-15(14)12-21-20(25)18-11-19(23-13-22-18)24-16-7-9-17(26-2)10-8-16/h3-11,13H,12H2,1-2H3,(H,21,25)(H,22,23,24). The van der Waals surface area contributed by atoms with Crippen molar-refractivity contribution in [1.29, 1.82) is 0 Å². The molecule has 0 fully saturated rings. The number of carbonyl (C=O) groups is 1. The number of rotatable bonds is 6. The zero-order chi connectivity index (χ0) is 18.4. The maximum absolute atomic E-state index is 12.4. The van der Waals surface area contributed by atoms with Gasteiger partial charge in [-0.1, -0.05) is 24.3 Å². The summed E-state index contributed by atoms with van der Waals surface area (Å²) in [6.45, 7) is 2.47. The highest BCUT2D eigenvalue weighted by Crippen LogP contribution is 2.18. The van der Waals surface area contributed by atoms with E-state index in [1.807, 2.05) is 55.5 Å². The van der Waals surface area contributed by atoms with Gasteiger partial charge in [-0.2, -0.15) is 0 Å². The first-order valence-electron chi connectivity index (χ1n) is 8.21. The highest BCUT2D eigenvalue weighted by Gasteiger charge is 2.09. The fourth-order valence-electron chi connectivity index (χ4n) is 2.45.